The van der Waals surface area contributed by atoms with Gasteiger partial charge in [0, 0.05) is 24.2 Å². The van der Waals surface area contributed by atoms with E-state index in [0.29, 0.717) is 32.5 Å². The third-order valence-electron chi connectivity index (χ3n) is 3.53. The first-order chi connectivity index (χ1) is 9.38. The highest BCUT2D eigenvalue weighted by Gasteiger charge is 2.30. The zero-order valence-electron chi connectivity index (χ0n) is 12.1. The number of carboxylic acids is 1. The Kier molecular flexibility index (Phi) is 5.73. The SMILES string of the molecule is CCOC(=O)C1CCCN(C(=O)C(C)=C(C)C(=O)O)C1. The molecule has 1 saturated heterocycles. The zero-order valence-corrected chi connectivity index (χ0v) is 12.1. The number of ether oxygens (including phenoxy) is 1. The second-order valence-corrected chi connectivity index (χ2v) is 4.90. The lowest BCUT2D eigenvalue weighted by Gasteiger charge is -2.32. The molecular weight excluding hydrogens is 262 g/mol. The third kappa shape index (κ3) is 3.82. The van der Waals surface area contributed by atoms with Crippen LogP contribution in [0.5, 0.6) is 0 Å². The molecule has 0 aromatic carbocycles. The highest BCUT2D eigenvalue weighted by Crippen LogP contribution is 2.20. The summed E-state index contributed by atoms with van der Waals surface area (Å²) in [4.78, 5) is 36.4. The first-order valence-electron chi connectivity index (χ1n) is 6.75. The van der Waals surface area contributed by atoms with Gasteiger partial charge in [-0.05, 0) is 33.6 Å². The Labute approximate surface area is 118 Å². The molecule has 1 heterocycles. The number of piperidine rings is 1. The van der Waals surface area contributed by atoms with Crippen LogP contribution in [-0.2, 0) is 19.1 Å². The smallest absolute Gasteiger partial charge is 0.331 e. The van der Waals surface area contributed by atoms with E-state index >= 15 is 0 Å². The summed E-state index contributed by atoms with van der Waals surface area (Å²) < 4.78 is 4.97. The highest BCUT2D eigenvalue weighted by molar-refractivity contribution is 6.01. The van der Waals surface area contributed by atoms with Crippen molar-refractivity contribution >= 4 is 17.8 Å². The molecule has 0 radical (unpaired) electrons. The molecule has 0 saturated carbocycles. The van der Waals surface area contributed by atoms with Gasteiger partial charge in [0.25, 0.3) is 0 Å². The van der Waals surface area contributed by atoms with Crippen molar-refractivity contribution in [2.75, 3.05) is 19.7 Å². The highest BCUT2D eigenvalue weighted by atomic mass is 16.5. The summed E-state index contributed by atoms with van der Waals surface area (Å²) in [7, 11) is 0. The molecule has 1 amide bonds. The van der Waals surface area contributed by atoms with Gasteiger partial charge in [-0.25, -0.2) is 4.79 Å². The largest absolute Gasteiger partial charge is 0.478 e. The van der Waals surface area contributed by atoms with Gasteiger partial charge in [-0.3, -0.25) is 9.59 Å². The summed E-state index contributed by atoms with van der Waals surface area (Å²) in [6.07, 6.45) is 1.41. The van der Waals surface area contributed by atoms with Crippen LogP contribution in [0.1, 0.15) is 33.6 Å². The van der Waals surface area contributed by atoms with E-state index in [1.54, 1.807) is 6.92 Å². The van der Waals surface area contributed by atoms with Gasteiger partial charge >= 0.3 is 11.9 Å². The van der Waals surface area contributed by atoms with Crippen LogP contribution in [0.3, 0.4) is 0 Å². The molecule has 6 heteroatoms. The Morgan fingerprint density at radius 2 is 1.90 bits per heavy atom. The number of rotatable bonds is 4. The number of carbonyl (C=O) groups is 3. The number of nitrogens with zero attached hydrogens (tertiary/aromatic N) is 1. The fourth-order valence-electron chi connectivity index (χ4n) is 2.17. The van der Waals surface area contributed by atoms with E-state index in [9.17, 15) is 14.4 Å². The molecule has 1 fully saturated rings. The van der Waals surface area contributed by atoms with Crippen molar-refractivity contribution in [3.8, 4) is 0 Å². The average Bonchev–Trinajstić information content (AvgIpc) is 2.45. The van der Waals surface area contributed by atoms with Gasteiger partial charge in [-0.15, -0.1) is 0 Å². The molecule has 1 unspecified atom stereocenters. The summed E-state index contributed by atoms with van der Waals surface area (Å²) in [5.74, 6) is -2.03. The minimum atomic E-state index is -1.10. The molecule has 6 nitrogen and oxygen atoms in total. The molecule has 0 aromatic rings. The number of hydrogen-bond donors (Lipinski definition) is 1. The molecule has 20 heavy (non-hydrogen) atoms. The van der Waals surface area contributed by atoms with Crippen LogP contribution in [0, 0.1) is 5.92 Å². The van der Waals surface area contributed by atoms with Gasteiger partial charge in [0.05, 0.1) is 12.5 Å². The summed E-state index contributed by atoms with van der Waals surface area (Å²) in [6, 6.07) is 0. The standard InChI is InChI=1S/C14H21NO5/c1-4-20-14(19)11-6-5-7-15(8-11)12(16)9(2)10(3)13(17)18/h11H,4-8H2,1-3H3,(H,17,18). The van der Waals surface area contributed by atoms with Gasteiger partial charge in [-0.2, -0.15) is 0 Å². The Bertz CT molecular complexity index is 441. The zero-order chi connectivity index (χ0) is 15.3. The predicted octanol–water partition coefficient (Wildman–Crippen LogP) is 1.21. The summed E-state index contributed by atoms with van der Waals surface area (Å²) in [6.45, 7) is 5.80. The van der Waals surface area contributed by atoms with Crippen molar-refractivity contribution in [1.29, 1.82) is 0 Å². The van der Waals surface area contributed by atoms with Crippen molar-refractivity contribution in [3.05, 3.63) is 11.1 Å². The molecule has 0 bridgehead atoms. The molecule has 0 spiro atoms. The quantitative estimate of drug-likeness (QED) is 0.619. The number of aliphatic carboxylic acids is 1. The van der Waals surface area contributed by atoms with Gasteiger partial charge < -0.3 is 14.7 Å². The minimum Gasteiger partial charge on any atom is -0.478 e. The van der Waals surface area contributed by atoms with Crippen LogP contribution in [0.4, 0.5) is 0 Å². The lowest BCUT2D eigenvalue weighted by Crippen LogP contribution is -2.43. The van der Waals surface area contributed by atoms with Crippen LogP contribution in [0.15, 0.2) is 11.1 Å². The molecule has 0 aromatic heterocycles. The van der Waals surface area contributed by atoms with Gasteiger partial charge in [-0.1, -0.05) is 0 Å². The maximum atomic E-state index is 12.2. The van der Waals surface area contributed by atoms with E-state index in [1.165, 1.54) is 18.7 Å². The van der Waals surface area contributed by atoms with Crippen LogP contribution >= 0.6 is 0 Å². The number of carboxylic acid groups (broad SMARTS) is 1. The summed E-state index contributed by atoms with van der Waals surface area (Å²) in [5, 5.41) is 8.91. The fraction of sp³-hybridized carbons (Fsp3) is 0.643. The maximum absolute atomic E-state index is 12.2. The average molecular weight is 283 g/mol. The third-order valence-corrected chi connectivity index (χ3v) is 3.53. The van der Waals surface area contributed by atoms with E-state index in [4.69, 9.17) is 9.84 Å². The number of esters is 1. The van der Waals surface area contributed by atoms with Crippen molar-refractivity contribution in [1.82, 2.24) is 4.90 Å². The Balaban J connectivity index is 2.77. The van der Waals surface area contributed by atoms with Crippen LogP contribution in [-0.4, -0.2) is 47.5 Å². The second kappa shape index (κ2) is 7.07. The lowest BCUT2D eigenvalue weighted by molar-refractivity contribution is -0.151. The van der Waals surface area contributed by atoms with E-state index in [0.717, 1.165) is 0 Å². The number of likely N-dealkylation sites (tertiary alicyclic amines) is 1. The number of carbonyl (C=O) groups excluding carboxylic acids is 2. The normalized spacial score (nSPS) is 20.1. The van der Waals surface area contributed by atoms with Crippen LogP contribution in [0.25, 0.3) is 0 Å². The molecule has 1 aliphatic rings. The van der Waals surface area contributed by atoms with Gasteiger partial charge in [0.2, 0.25) is 5.91 Å². The molecule has 1 rings (SSSR count). The Morgan fingerprint density at radius 1 is 1.25 bits per heavy atom. The predicted molar refractivity (Wildman–Crippen MR) is 71.9 cm³/mol. The summed E-state index contributed by atoms with van der Waals surface area (Å²) in [5.41, 5.74) is 0.246. The van der Waals surface area contributed by atoms with Crippen molar-refractivity contribution < 1.29 is 24.2 Å². The molecule has 112 valence electrons. The van der Waals surface area contributed by atoms with Crippen molar-refractivity contribution in [2.45, 2.75) is 33.6 Å². The Hall–Kier alpha value is -1.85. The van der Waals surface area contributed by atoms with Crippen molar-refractivity contribution in [2.24, 2.45) is 5.92 Å². The minimum absolute atomic E-state index is 0.0354. The number of hydrogen-bond acceptors (Lipinski definition) is 4. The molecule has 1 N–H and O–H groups in total. The Morgan fingerprint density at radius 3 is 2.45 bits per heavy atom. The van der Waals surface area contributed by atoms with Crippen molar-refractivity contribution in [3.63, 3.8) is 0 Å². The van der Waals surface area contributed by atoms with Gasteiger partial charge in [0.15, 0.2) is 0 Å². The van der Waals surface area contributed by atoms with E-state index in [1.807, 2.05) is 0 Å². The first-order valence-corrected chi connectivity index (χ1v) is 6.75. The van der Waals surface area contributed by atoms with E-state index in [2.05, 4.69) is 0 Å². The first kappa shape index (κ1) is 16.2. The van der Waals surface area contributed by atoms with E-state index < -0.39 is 5.97 Å². The van der Waals surface area contributed by atoms with E-state index in [-0.39, 0.29) is 28.9 Å². The molecule has 1 atom stereocenters. The number of amides is 1. The molecule has 1 aliphatic heterocycles. The van der Waals surface area contributed by atoms with Gasteiger partial charge in [0.1, 0.15) is 0 Å². The second-order valence-electron chi connectivity index (χ2n) is 4.90. The lowest BCUT2D eigenvalue weighted by atomic mass is 9.97. The monoisotopic (exact) mass is 283 g/mol. The fourth-order valence-corrected chi connectivity index (χ4v) is 2.17. The summed E-state index contributed by atoms with van der Waals surface area (Å²) >= 11 is 0. The van der Waals surface area contributed by atoms with Crippen LogP contribution < -0.4 is 0 Å². The maximum Gasteiger partial charge on any atom is 0.331 e. The van der Waals surface area contributed by atoms with Crippen LogP contribution in [0.2, 0.25) is 0 Å². The topological polar surface area (TPSA) is 83.9 Å². The molecular formula is C14H21NO5. The molecule has 0 aliphatic carbocycles.